The average Bonchev–Trinajstić information content (AvgIpc) is 2.46. The molecule has 0 saturated carbocycles. The third kappa shape index (κ3) is 4.68. The van der Waals surface area contributed by atoms with Gasteiger partial charge in [-0.3, -0.25) is 4.90 Å². The molecule has 0 amide bonds. The predicted octanol–water partition coefficient (Wildman–Crippen LogP) is 2.96. The minimum absolute atomic E-state index is 0.276. The molecule has 1 aliphatic heterocycles. The highest BCUT2D eigenvalue weighted by Gasteiger charge is 2.20. The third-order valence-corrected chi connectivity index (χ3v) is 3.88. The molecule has 1 heterocycles. The van der Waals surface area contributed by atoms with E-state index in [0.29, 0.717) is 12.6 Å². The van der Waals surface area contributed by atoms with Gasteiger partial charge in [0.15, 0.2) is 0 Å². The Morgan fingerprint density at radius 2 is 2.05 bits per heavy atom. The lowest BCUT2D eigenvalue weighted by atomic mass is 10.0. The quantitative estimate of drug-likeness (QED) is 0.815. The first kappa shape index (κ1) is 14.6. The summed E-state index contributed by atoms with van der Waals surface area (Å²) in [6.45, 7) is 3.08. The number of aliphatic hydroxyl groups is 1. The van der Waals surface area contributed by atoms with Gasteiger partial charge in [0.2, 0.25) is 0 Å². The second-order valence-electron chi connectivity index (χ2n) is 5.02. The zero-order valence-corrected chi connectivity index (χ0v) is 12.0. The maximum absolute atomic E-state index is 9.34. The second kappa shape index (κ2) is 7.73. The number of ether oxygens (including phenoxy) is 1. The standard InChI is InChI=1S/C15H22ClNO2/c16-13-5-7-15(8-6-13)19-11-3-10-17-9-2-1-4-14(17)12-18/h5-8,14,18H,1-4,9-12H2. The third-order valence-electron chi connectivity index (χ3n) is 3.63. The molecule has 0 aliphatic carbocycles. The fraction of sp³-hybridized carbons (Fsp3) is 0.600. The van der Waals surface area contributed by atoms with Gasteiger partial charge in [-0.25, -0.2) is 0 Å². The number of nitrogens with zero attached hydrogens (tertiary/aromatic N) is 1. The molecule has 2 rings (SSSR count). The Labute approximate surface area is 120 Å². The van der Waals surface area contributed by atoms with Crippen LogP contribution < -0.4 is 4.74 Å². The highest BCUT2D eigenvalue weighted by molar-refractivity contribution is 6.30. The molecule has 19 heavy (non-hydrogen) atoms. The van der Waals surface area contributed by atoms with E-state index < -0.39 is 0 Å². The summed E-state index contributed by atoms with van der Waals surface area (Å²) in [6, 6.07) is 7.80. The molecule has 1 aromatic carbocycles. The molecule has 1 fully saturated rings. The van der Waals surface area contributed by atoms with Gasteiger partial charge in [0, 0.05) is 17.6 Å². The van der Waals surface area contributed by atoms with Crippen molar-refractivity contribution in [2.75, 3.05) is 26.3 Å². The average molecular weight is 284 g/mol. The fourth-order valence-electron chi connectivity index (χ4n) is 2.55. The Balaban J connectivity index is 1.67. The van der Waals surface area contributed by atoms with Gasteiger partial charge in [-0.1, -0.05) is 18.0 Å². The summed E-state index contributed by atoms with van der Waals surface area (Å²) < 4.78 is 5.67. The van der Waals surface area contributed by atoms with E-state index in [1.165, 1.54) is 12.8 Å². The summed E-state index contributed by atoms with van der Waals surface area (Å²) in [5.74, 6) is 0.863. The molecule has 0 radical (unpaired) electrons. The predicted molar refractivity (Wildman–Crippen MR) is 77.9 cm³/mol. The van der Waals surface area contributed by atoms with Gasteiger partial charge in [0.05, 0.1) is 13.2 Å². The van der Waals surface area contributed by atoms with Crippen molar-refractivity contribution in [3.05, 3.63) is 29.3 Å². The first-order chi connectivity index (χ1) is 9.29. The van der Waals surface area contributed by atoms with E-state index in [0.717, 1.165) is 36.7 Å². The summed E-state index contributed by atoms with van der Waals surface area (Å²) in [6.07, 6.45) is 4.59. The molecule has 1 aromatic rings. The molecule has 0 aromatic heterocycles. The normalized spacial score (nSPS) is 20.4. The van der Waals surface area contributed by atoms with E-state index in [2.05, 4.69) is 4.90 Å². The van der Waals surface area contributed by atoms with Gasteiger partial charge in [-0.2, -0.15) is 0 Å². The molecule has 3 nitrogen and oxygen atoms in total. The Morgan fingerprint density at radius 1 is 1.26 bits per heavy atom. The maximum Gasteiger partial charge on any atom is 0.119 e. The number of aliphatic hydroxyl groups excluding tert-OH is 1. The van der Waals surface area contributed by atoms with Crippen LogP contribution in [0.4, 0.5) is 0 Å². The Kier molecular flexibility index (Phi) is 5.95. The van der Waals surface area contributed by atoms with Gasteiger partial charge >= 0.3 is 0 Å². The van der Waals surface area contributed by atoms with Crippen LogP contribution in [0.3, 0.4) is 0 Å². The van der Waals surface area contributed by atoms with Crippen LogP contribution in [-0.2, 0) is 0 Å². The number of piperidine rings is 1. The molecular formula is C15H22ClNO2. The van der Waals surface area contributed by atoms with Gasteiger partial charge in [-0.05, 0) is 50.1 Å². The van der Waals surface area contributed by atoms with E-state index in [-0.39, 0.29) is 6.61 Å². The van der Waals surface area contributed by atoms with E-state index >= 15 is 0 Å². The Morgan fingerprint density at radius 3 is 2.79 bits per heavy atom. The van der Waals surface area contributed by atoms with Crippen LogP contribution in [0, 0.1) is 0 Å². The van der Waals surface area contributed by atoms with E-state index in [9.17, 15) is 5.11 Å². The summed E-state index contributed by atoms with van der Waals surface area (Å²) in [5.41, 5.74) is 0. The molecule has 0 bridgehead atoms. The van der Waals surface area contributed by atoms with Gasteiger partial charge in [0.25, 0.3) is 0 Å². The van der Waals surface area contributed by atoms with Gasteiger partial charge in [0.1, 0.15) is 5.75 Å². The van der Waals surface area contributed by atoms with E-state index in [1.54, 1.807) is 0 Å². The largest absolute Gasteiger partial charge is 0.494 e. The summed E-state index contributed by atoms with van der Waals surface area (Å²) in [5, 5.41) is 10.1. The van der Waals surface area contributed by atoms with Crippen molar-refractivity contribution >= 4 is 11.6 Å². The molecule has 1 atom stereocenters. The van der Waals surface area contributed by atoms with Crippen molar-refractivity contribution < 1.29 is 9.84 Å². The number of hydrogen-bond donors (Lipinski definition) is 1. The molecule has 4 heteroatoms. The SMILES string of the molecule is OCC1CCCCN1CCCOc1ccc(Cl)cc1. The molecular weight excluding hydrogens is 262 g/mol. The monoisotopic (exact) mass is 283 g/mol. The molecule has 1 unspecified atom stereocenters. The number of halogens is 1. The zero-order chi connectivity index (χ0) is 13.5. The first-order valence-corrected chi connectivity index (χ1v) is 7.40. The molecule has 106 valence electrons. The summed E-state index contributed by atoms with van der Waals surface area (Å²) in [4.78, 5) is 2.38. The maximum atomic E-state index is 9.34. The molecule has 0 spiro atoms. The summed E-state index contributed by atoms with van der Waals surface area (Å²) in [7, 11) is 0. The number of hydrogen-bond acceptors (Lipinski definition) is 3. The number of likely N-dealkylation sites (tertiary alicyclic amines) is 1. The topological polar surface area (TPSA) is 32.7 Å². The van der Waals surface area contributed by atoms with Crippen molar-refractivity contribution in [3.63, 3.8) is 0 Å². The van der Waals surface area contributed by atoms with Gasteiger partial charge in [-0.15, -0.1) is 0 Å². The van der Waals surface area contributed by atoms with Crippen LogP contribution >= 0.6 is 11.6 Å². The second-order valence-corrected chi connectivity index (χ2v) is 5.46. The number of benzene rings is 1. The van der Waals surface area contributed by atoms with Crippen LogP contribution in [0.15, 0.2) is 24.3 Å². The first-order valence-electron chi connectivity index (χ1n) is 7.03. The van der Waals surface area contributed by atoms with Crippen molar-refractivity contribution in [2.45, 2.75) is 31.7 Å². The van der Waals surface area contributed by atoms with Crippen molar-refractivity contribution in [1.29, 1.82) is 0 Å². The lowest BCUT2D eigenvalue weighted by molar-refractivity contribution is 0.0851. The number of rotatable bonds is 6. The van der Waals surface area contributed by atoms with Crippen LogP contribution in [0.1, 0.15) is 25.7 Å². The van der Waals surface area contributed by atoms with Crippen LogP contribution in [0.25, 0.3) is 0 Å². The van der Waals surface area contributed by atoms with Crippen molar-refractivity contribution in [1.82, 2.24) is 4.90 Å². The molecule has 1 N–H and O–H groups in total. The van der Waals surface area contributed by atoms with Crippen LogP contribution in [0.5, 0.6) is 5.75 Å². The summed E-state index contributed by atoms with van der Waals surface area (Å²) >= 11 is 5.82. The lowest BCUT2D eigenvalue weighted by Crippen LogP contribution is -2.42. The molecule has 1 aliphatic rings. The van der Waals surface area contributed by atoms with Gasteiger partial charge < -0.3 is 9.84 Å². The van der Waals surface area contributed by atoms with Crippen molar-refractivity contribution in [2.24, 2.45) is 0 Å². The minimum Gasteiger partial charge on any atom is -0.494 e. The highest BCUT2D eigenvalue weighted by atomic mass is 35.5. The Hall–Kier alpha value is -0.770. The van der Waals surface area contributed by atoms with Crippen LogP contribution in [-0.4, -0.2) is 42.4 Å². The molecule has 1 saturated heterocycles. The van der Waals surface area contributed by atoms with Crippen LogP contribution in [0.2, 0.25) is 5.02 Å². The van der Waals surface area contributed by atoms with Crippen molar-refractivity contribution in [3.8, 4) is 5.75 Å². The smallest absolute Gasteiger partial charge is 0.119 e. The van der Waals surface area contributed by atoms with E-state index in [4.69, 9.17) is 16.3 Å². The minimum atomic E-state index is 0.276. The van der Waals surface area contributed by atoms with E-state index in [1.807, 2.05) is 24.3 Å². The zero-order valence-electron chi connectivity index (χ0n) is 11.2. The highest BCUT2D eigenvalue weighted by Crippen LogP contribution is 2.18. The Bertz CT molecular complexity index is 369. The lowest BCUT2D eigenvalue weighted by Gasteiger charge is -2.34. The fourth-order valence-corrected chi connectivity index (χ4v) is 2.68.